The van der Waals surface area contributed by atoms with Crippen molar-refractivity contribution in [3.8, 4) is 44.8 Å². The van der Waals surface area contributed by atoms with Crippen LogP contribution in [0.5, 0.6) is 0 Å². The van der Waals surface area contributed by atoms with Gasteiger partial charge in [-0.3, -0.25) is 9.97 Å². The molecule has 9 aromatic rings. The van der Waals surface area contributed by atoms with Crippen molar-refractivity contribution in [2.24, 2.45) is 0 Å². The molecule has 0 saturated heterocycles. The van der Waals surface area contributed by atoms with Gasteiger partial charge in [-0.1, -0.05) is 132 Å². The Kier molecular flexibility index (Phi) is 10.4. The Morgan fingerprint density at radius 1 is 0.509 bits per heavy atom. The van der Waals surface area contributed by atoms with Crippen LogP contribution in [-0.2, 0) is 20.1 Å². The number of pyridine rings is 2. The number of rotatable bonds is 6. The maximum atomic E-state index is 4.84. The first-order valence-corrected chi connectivity index (χ1v) is 17.8. The molecule has 0 spiro atoms. The molecule has 0 saturated carbocycles. The van der Waals surface area contributed by atoms with Crippen molar-refractivity contribution in [2.45, 2.75) is 0 Å². The molecule has 5 nitrogen and oxygen atoms in total. The molecule has 10 rings (SSSR count). The third-order valence-electron chi connectivity index (χ3n) is 9.40. The van der Waals surface area contributed by atoms with E-state index in [2.05, 4.69) is 142 Å². The molecule has 6 heteroatoms. The van der Waals surface area contributed by atoms with Gasteiger partial charge in [0.1, 0.15) is 0 Å². The largest absolute Gasteiger partial charge is 0.655 e. The van der Waals surface area contributed by atoms with Crippen molar-refractivity contribution in [3.63, 3.8) is 0 Å². The second-order valence-electron chi connectivity index (χ2n) is 12.8. The van der Waals surface area contributed by atoms with E-state index in [0.29, 0.717) is 0 Å². The van der Waals surface area contributed by atoms with Crippen LogP contribution in [0.25, 0.3) is 66.6 Å². The molecule has 0 aliphatic carbocycles. The Hall–Kier alpha value is -6.59. The Balaban J connectivity index is 0.000000156. The van der Waals surface area contributed by atoms with Crippen LogP contribution in [0, 0.1) is 18.8 Å². The van der Waals surface area contributed by atoms with Crippen molar-refractivity contribution in [3.05, 3.63) is 213 Å². The summed E-state index contributed by atoms with van der Waals surface area (Å²) < 4.78 is 0. The van der Waals surface area contributed by atoms with E-state index in [-0.39, 0.29) is 20.1 Å². The SMILES string of the molecule is [Ir].[c-]1c(-c2ccccn2)cc(-c2ccc(-c3ccccc3)cc2)cc1-c1ccccn1.[c-]1ccccc1N1C=CN(c2cccc3c2[n-]c2ccccc23)[CH-]1. The Labute approximate surface area is 334 Å². The van der Waals surface area contributed by atoms with Crippen LogP contribution < -0.4 is 14.8 Å². The maximum Gasteiger partial charge on any atom is 0.0183 e. The summed E-state index contributed by atoms with van der Waals surface area (Å²) in [6.45, 7) is 2.06. The zero-order valence-corrected chi connectivity index (χ0v) is 32.0. The number of fused-ring (bicyclic) bond motifs is 3. The Morgan fingerprint density at radius 2 is 1.11 bits per heavy atom. The topological polar surface area (TPSA) is 46.4 Å². The molecule has 267 valence electrons. The number of nitrogens with zero attached hydrogens (tertiary/aromatic N) is 5. The van der Waals surface area contributed by atoms with Gasteiger partial charge >= 0.3 is 0 Å². The third-order valence-corrected chi connectivity index (χ3v) is 9.40. The molecule has 0 bridgehead atoms. The second-order valence-corrected chi connectivity index (χ2v) is 12.8. The number of hydrogen-bond acceptors (Lipinski definition) is 4. The van der Waals surface area contributed by atoms with Crippen molar-refractivity contribution >= 4 is 33.2 Å². The van der Waals surface area contributed by atoms with Gasteiger partial charge in [0.05, 0.1) is 0 Å². The fourth-order valence-electron chi connectivity index (χ4n) is 6.72. The summed E-state index contributed by atoms with van der Waals surface area (Å²) in [5.41, 5.74) is 12.6. The van der Waals surface area contributed by atoms with E-state index in [0.717, 1.165) is 56.0 Å². The first-order valence-electron chi connectivity index (χ1n) is 17.8. The minimum absolute atomic E-state index is 0. The van der Waals surface area contributed by atoms with Crippen LogP contribution in [0.4, 0.5) is 11.4 Å². The van der Waals surface area contributed by atoms with E-state index < -0.39 is 0 Å². The quantitative estimate of drug-likeness (QED) is 0.156. The minimum atomic E-state index is 0. The van der Waals surface area contributed by atoms with Gasteiger partial charge in [-0.2, -0.15) is 30.3 Å². The first kappa shape index (κ1) is 35.4. The van der Waals surface area contributed by atoms with Crippen molar-refractivity contribution < 1.29 is 20.1 Å². The summed E-state index contributed by atoms with van der Waals surface area (Å²) >= 11 is 0. The fourth-order valence-corrected chi connectivity index (χ4v) is 6.72. The van der Waals surface area contributed by atoms with Gasteiger partial charge < -0.3 is 14.8 Å². The van der Waals surface area contributed by atoms with Gasteiger partial charge in [-0.15, -0.1) is 41.6 Å². The van der Waals surface area contributed by atoms with Crippen LogP contribution in [0.1, 0.15) is 0 Å². The van der Waals surface area contributed by atoms with Gasteiger partial charge in [0.2, 0.25) is 0 Å². The fraction of sp³-hybridized carbons (Fsp3) is 0. The molecule has 1 aliphatic rings. The zero-order valence-electron chi connectivity index (χ0n) is 29.6. The molecule has 1 aliphatic heterocycles. The monoisotopic (exact) mass is 884 g/mol. The standard InChI is InChI=1S/C28H19N2.C21H14N3.Ir/c1-2-8-21(9-3-1)22-12-14-23(15-13-22)24-18-25(27-10-4-6-16-29-27)20-26(19-24)28-11-5-7-17-30-28;1-2-7-16(8-3-1)23-13-14-24(15-23)20-12-6-10-18-17-9-4-5-11-19(17)22-21(18)20;/h1-19H;1-7,9-15H;/q-1;-3;. The van der Waals surface area contributed by atoms with Gasteiger partial charge in [0, 0.05) is 43.9 Å². The van der Waals surface area contributed by atoms with E-state index in [4.69, 9.17) is 4.98 Å². The van der Waals surface area contributed by atoms with E-state index in [9.17, 15) is 0 Å². The summed E-state index contributed by atoms with van der Waals surface area (Å²) in [7, 11) is 0. The van der Waals surface area contributed by atoms with Gasteiger partial charge in [0.15, 0.2) is 0 Å². The van der Waals surface area contributed by atoms with E-state index in [1.165, 1.54) is 21.9 Å². The molecule has 0 amide bonds. The van der Waals surface area contributed by atoms with E-state index in [1.807, 2.05) is 91.4 Å². The number of hydrogen-bond donors (Lipinski definition) is 0. The molecule has 0 atom stereocenters. The minimum Gasteiger partial charge on any atom is -0.655 e. The predicted molar refractivity (Wildman–Crippen MR) is 221 cm³/mol. The number of para-hydroxylation sites is 3. The molecule has 6 aromatic carbocycles. The third kappa shape index (κ3) is 7.60. The molecule has 0 unspecified atom stereocenters. The first-order chi connectivity index (χ1) is 26.8. The average Bonchev–Trinajstić information content (AvgIpc) is 3.91. The summed E-state index contributed by atoms with van der Waals surface area (Å²) in [6.07, 6.45) is 7.71. The summed E-state index contributed by atoms with van der Waals surface area (Å²) in [5.74, 6) is 0. The van der Waals surface area contributed by atoms with Gasteiger partial charge in [-0.25, -0.2) is 0 Å². The molecular weight excluding hydrogens is 851 g/mol. The number of aromatic nitrogens is 3. The smallest absolute Gasteiger partial charge is 0.0183 e. The van der Waals surface area contributed by atoms with Crippen LogP contribution in [0.15, 0.2) is 195 Å². The molecule has 4 heterocycles. The Bertz CT molecular complexity index is 2620. The molecular formula is C49H33IrN5-4. The normalized spacial score (nSPS) is 12.0. The molecule has 1 radical (unpaired) electrons. The predicted octanol–water partition coefficient (Wildman–Crippen LogP) is 11.6. The van der Waals surface area contributed by atoms with Gasteiger partial charge in [0.25, 0.3) is 0 Å². The van der Waals surface area contributed by atoms with Crippen LogP contribution in [0.3, 0.4) is 0 Å². The van der Waals surface area contributed by atoms with Crippen molar-refractivity contribution in [1.29, 1.82) is 0 Å². The average molecular weight is 884 g/mol. The van der Waals surface area contributed by atoms with Crippen molar-refractivity contribution in [1.82, 2.24) is 15.0 Å². The number of anilines is 2. The van der Waals surface area contributed by atoms with Crippen LogP contribution in [0.2, 0.25) is 0 Å². The molecule has 0 N–H and O–H groups in total. The Morgan fingerprint density at radius 3 is 1.78 bits per heavy atom. The number of benzene rings is 6. The zero-order chi connectivity index (χ0) is 36.1. The maximum absolute atomic E-state index is 4.84. The van der Waals surface area contributed by atoms with E-state index in [1.54, 1.807) is 0 Å². The van der Waals surface area contributed by atoms with Crippen molar-refractivity contribution in [2.75, 3.05) is 9.80 Å². The summed E-state index contributed by atoms with van der Waals surface area (Å²) in [5, 5.41) is 2.39. The molecule has 0 fully saturated rings. The van der Waals surface area contributed by atoms with Crippen LogP contribution in [-0.4, -0.2) is 9.97 Å². The summed E-state index contributed by atoms with van der Waals surface area (Å²) in [6, 6.07) is 64.6. The summed E-state index contributed by atoms with van der Waals surface area (Å²) in [4.78, 5) is 18.0. The van der Waals surface area contributed by atoms with Crippen LogP contribution >= 0.6 is 0 Å². The van der Waals surface area contributed by atoms with E-state index >= 15 is 0 Å². The molecule has 55 heavy (non-hydrogen) atoms. The van der Waals surface area contributed by atoms with Gasteiger partial charge in [-0.05, 0) is 63.7 Å². The molecule has 3 aromatic heterocycles. The second kappa shape index (κ2) is 16.2.